The summed E-state index contributed by atoms with van der Waals surface area (Å²) in [5.74, 6) is -7.46. The van der Waals surface area contributed by atoms with E-state index in [9.17, 15) is 34.5 Å². The van der Waals surface area contributed by atoms with Gasteiger partial charge in [-0.25, -0.2) is 4.79 Å². The molecule has 0 spiro atoms. The Kier molecular flexibility index (Phi) is 17.5. The van der Waals surface area contributed by atoms with Crippen LogP contribution in [0.1, 0.15) is 119 Å². The number of aliphatic hydroxyl groups is 3. The van der Waals surface area contributed by atoms with Gasteiger partial charge in [-0.3, -0.25) is 14.4 Å². The summed E-state index contributed by atoms with van der Waals surface area (Å²) < 4.78 is 29.8. The number of carbonyl (C=O) groups is 4. The van der Waals surface area contributed by atoms with Crippen molar-refractivity contribution >= 4 is 23.4 Å². The van der Waals surface area contributed by atoms with E-state index in [4.69, 9.17) is 23.7 Å². The Bertz CT molecular complexity index is 1450. The predicted octanol–water partition coefficient (Wildman–Crippen LogP) is 4.86. The van der Waals surface area contributed by atoms with Gasteiger partial charge in [0.05, 0.1) is 30.5 Å². The fraction of sp³-hybridized carbons (Fsp3) is 0.818. The molecule has 324 valence electrons. The third kappa shape index (κ3) is 11.4. The lowest BCUT2D eigenvalue weighted by atomic mass is 9.81. The zero-order valence-electron chi connectivity index (χ0n) is 35.8. The first-order valence-corrected chi connectivity index (χ1v) is 21.3. The topological polar surface area (TPSA) is 178 Å². The maximum atomic E-state index is 14.3. The Morgan fingerprint density at radius 2 is 1.58 bits per heavy atom. The summed E-state index contributed by atoms with van der Waals surface area (Å²) in [4.78, 5) is 57.9. The van der Waals surface area contributed by atoms with Gasteiger partial charge >= 0.3 is 5.97 Å². The van der Waals surface area contributed by atoms with Gasteiger partial charge in [-0.05, 0) is 95.5 Å². The summed E-state index contributed by atoms with van der Waals surface area (Å²) in [6.45, 7) is 11.4. The highest BCUT2D eigenvalue weighted by atomic mass is 16.7. The second kappa shape index (κ2) is 21.1. The quantitative estimate of drug-likeness (QED) is 0.181. The molecule has 2 bridgehead atoms. The van der Waals surface area contributed by atoms with Crippen LogP contribution in [0.4, 0.5) is 0 Å². The van der Waals surface area contributed by atoms with Gasteiger partial charge in [0, 0.05) is 52.0 Å². The van der Waals surface area contributed by atoms with E-state index >= 15 is 0 Å². The number of allylic oxidation sites excluding steroid dienone is 3. The van der Waals surface area contributed by atoms with E-state index < -0.39 is 83.9 Å². The third-order valence-corrected chi connectivity index (χ3v) is 13.1. The van der Waals surface area contributed by atoms with Crippen molar-refractivity contribution in [3.8, 4) is 0 Å². The minimum atomic E-state index is -2.50. The number of nitrogens with zero attached hydrogens (tertiary/aromatic N) is 1. The highest BCUT2D eigenvalue weighted by Crippen LogP contribution is 2.39. The van der Waals surface area contributed by atoms with Gasteiger partial charge in [-0.15, -0.1) is 0 Å². The molecule has 1 aliphatic carbocycles. The molecule has 14 atom stereocenters. The molecule has 3 heterocycles. The molecule has 2 saturated heterocycles. The molecule has 4 aliphatic rings. The van der Waals surface area contributed by atoms with Crippen molar-refractivity contribution in [3.63, 3.8) is 0 Å². The van der Waals surface area contributed by atoms with Crippen LogP contribution >= 0.6 is 0 Å². The Balaban J connectivity index is 1.77. The summed E-state index contributed by atoms with van der Waals surface area (Å²) in [5.41, 5.74) is 1.67. The van der Waals surface area contributed by atoms with Crippen molar-refractivity contribution < 1.29 is 58.2 Å². The largest absolute Gasteiger partial charge is 0.456 e. The molecule has 1 unspecified atom stereocenters. The molecule has 3 aliphatic heterocycles. The molecule has 1 amide bonds. The van der Waals surface area contributed by atoms with Crippen LogP contribution in [0.3, 0.4) is 0 Å². The van der Waals surface area contributed by atoms with Crippen LogP contribution in [0, 0.1) is 29.6 Å². The van der Waals surface area contributed by atoms with Gasteiger partial charge in [0.25, 0.3) is 11.7 Å². The van der Waals surface area contributed by atoms with Gasteiger partial charge in [0.1, 0.15) is 24.0 Å². The monoisotopic (exact) mass is 805 g/mol. The maximum absolute atomic E-state index is 14.3. The number of fused-ring (bicyclic) bond motifs is 3. The molecule has 3 N–H and O–H groups in total. The van der Waals surface area contributed by atoms with Crippen molar-refractivity contribution in [2.45, 2.75) is 173 Å². The highest BCUT2D eigenvalue weighted by Gasteiger charge is 2.56. The van der Waals surface area contributed by atoms with E-state index in [0.29, 0.717) is 56.9 Å². The SMILES string of the molecule is CCC[C@@H]1/C=C(\C)C[C@@H](C)C[C@H](OC)[C@H]2O[C@@](O)(C(=O)C(=O)N3CCCCC3C(=O)O[C@H](/C(C)=C/[C@@H]3CC[C@@H](O)[C@H](OC)C3)[C@H](C)[C@@H](O)CC1=O)[C@H](C)C[C@@H]2OC. The van der Waals surface area contributed by atoms with Crippen LogP contribution in [-0.4, -0.2) is 126 Å². The van der Waals surface area contributed by atoms with E-state index in [2.05, 4.69) is 6.92 Å². The highest BCUT2D eigenvalue weighted by molar-refractivity contribution is 6.39. The number of ether oxygens (including phenoxy) is 5. The number of Topliss-reactive ketones (excluding diaryl/α,β-unsaturated/α-hetero) is 2. The standard InChI is InChI=1S/C44H71NO12/c1-10-13-31-19-25(2)18-26(3)20-37(54-8)40-38(55-9)22-28(5)44(52,57-40)41(49)42(50)45-17-12-11-14-32(45)43(51)56-39(29(6)34(47)24-35(31)48)27(4)21-30-15-16-33(46)36(23-30)53-7/h19,21,26,28-34,36-40,46-47,52H,10-18,20,22-24H2,1-9H3/b25-19+,27-21+/t26-,28-,29-,30+,31-,32?,33-,34+,36-,37+,38+,39-,40-,44-/m1/s1. The second-order valence-corrected chi connectivity index (χ2v) is 17.5. The molecule has 57 heavy (non-hydrogen) atoms. The smallest absolute Gasteiger partial charge is 0.329 e. The van der Waals surface area contributed by atoms with E-state index in [1.54, 1.807) is 21.0 Å². The van der Waals surface area contributed by atoms with Gasteiger partial charge < -0.3 is 43.9 Å². The number of ketones is 2. The Morgan fingerprint density at radius 3 is 2.23 bits per heavy atom. The van der Waals surface area contributed by atoms with Crippen LogP contribution in [0.25, 0.3) is 0 Å². The lowest BCUT2D eigenvalue weighted by Gasteiger charge is -2.47. The number of esters is 1. The number of cyclic esters (lactones) is 1. The molecule has 13 nitrogen and oxygen atoms in total. The fourth-order valence-electron chi connectivity index (χ4n) is 9.60. The molecular formula is C44H71NO12. The summed E-state index contributed by atoms with van der Waals surface area (Å²) in [5, 5.41) is 34.2. The zero-order valence-corrected chi connectivity index (χ0v) is 35.8. The number of hydrogen-bond donors (Lipinski definition) is 3. The first-order valence-electron chi connectivity index (χ1n) is 21.3. The molecule has 0 aromatic carbocycles. The number of amides is 1. The zero-order chi connectivity index (χ0) is 42.2. The number of aliphatic hydroxyl groups excluding tert-OH is 2. The normalized spacial score (nSPS) is 41.1. The minimum absolute atomic E-state index is 0.000416. The molecule has 1 saturated carbocycles. The average Bonchev–Trinajstić information content (AvgIpc) is 3.18. The third-order valence-electron chi connectivity index (χ3n) is 13.1. The Labute approximate surface area is 339 Å². The van der Waals surface area contributed by atoms with Crippen LogP contribution in [0.5, 0.6) is 0 Å². The second-order valence-electron chi connectivity index (χ2n) is 17.5. The van der Waals surface area contributed by atoms with E-state index in [1.165, 1.54) is 19.1 Å². The van der Waals surface area contributed by atoms with Gasteiger partial charge in [-0.2, -0.15) is 0 Å². The van der Waals surface area contributed by atoms with E-state index in [1.807, 2.05) is 32.9 Å². The van der Waals surface area contributed by atoms with Gasteiger partial charge in [0.2, 0.25) is 5.79 Å². The Hall–Kier alpha value is -2.52. The lowest BCUT2D eigenvalue weighted by Crippen LogP contribution is -2.64. The average molecular weight is 806 g/mol. The van der Waals surface area contributed by atoms with Gasteiger partial charge in [-0.1, -0.05) is 51.8 Å². The minimum Gasteiger partial charge on any atom is -0.456 e. The van der Waals surface area contributed by atoms with E-state index in [0.717, 1.165) is 12.0 Å². The van der Waals surface area contributed by atoms with Crippen LogP contribution in [-0.2, 0) is 42.9 Å². The molecule has 4 rings (SSSR count). The molecule has 0 radical (unpaired) electrons. The summed E-state index contributed by atoms with van der Waals surface area (Å²) in [7, 11) is 4.64. The number of rotatable bonds is 7. The molecular weight excluding hydrogens is 734 g/mol. The van der Waals surface area contributed by atoms with Crippen molar-refractivity contribution in [3.05, 3.63) is 23.3 Å². The van der Waals surface area contributed by atoms with Crippen LogP contribution < -0.4 is 0 Å². The molecule has 3 fully saturated rings. The molecule has 13 heteroatoms. The summed E-state index contributed by atoms with van der Waals surface area (Å²) >= 11 is 0. The van der Waals surface area contributed by atoms with E-state index in [-0.39, 0.29) is 49.5 Å². The van der Waals surface area contributed by atoms with Crippen molar-refractivity contribution in [2.75, 3.05) is 27.9 Å². The number of methoxy groups -OCH3 is 3. The number of carbonyl (C=O) groups excluding carboxylic acids is 4. The van der Waals surface area contributed by atoms with Crippen LogP contribution in [0.2, 0.25) is 0 Å². The Morgan fingerprint density at radius 1 is 0.912 bits per heavy atom. The number of piperidine rings is 1. The summed E-state index contributed by atoms with van der Waals surface area (Å²) in [6.07, 6.45) is 4.60. The van der Waals surface area contributed by atoms with Crippen molar-refractivity contribution in [1.29, 1.82) is 0 Å². The molecule has 0 aromatic rings. The maximum Gasteiger partial charge on any atom is 0.329 e. The van der Waals surface area contributed by atoms with Crippen molar-refractivity contribution in [2.24, 2.45) is 29.6 Å². The van der Waals surface area contributed by atoms with Gasteiger partial charge in [0.15, 0.2) is 0 Å². The molecule has 0 aromatic heterocycles. The fourth-order valence-corrected chi connectivity index (χ4v) is 9.60. The number of hydrogen-bond acceptors (Lipinski definition) is 12. The predicted molar refractivity (Wildman–Crippen MR) is 213 cm³/mol. The van der Waals surface area contributed by atoms with Crippen LogP contribution in [0.15, 0.2) is 23.3 Å². The summed E-state index contributed by atoms with van der Waals surface area (Å²) in [6, 6.07) is -1.13. The first-order chi connectivity index (χ1) is 27.0. The lowest BCUT2D eigenvalue weighted by molar-refractivity contribution is -0.302. The van der Waals surface area contributed by atoms with Crippen molar-refractivity contribution in [1.82, 2.24) is 4.90 Å². The first kappa shape index (κ1) is 47.2.